The molecule has 3 aromatic rings. The van der Waals surface area contributed by atoms with Gasteiger partial charge in [-0.2, -0.15) is 0 Å². The zero-order valence-electron chi connectivity index (χ0n) is 14.8. The highest BCUT2D eigenvalue weighted by atomic mass is 32.2. The molecule has 1 N–H and O–H groups in total. The largest absolute Gasteiger partial charge is 0.360 e. The molecule has 1 amide bonds. The number of amides is 1. The number of benzene rings is 1. The van der Waals surface area contributed by atoms with E-state index in [1.807, 2.05) is 4.57 Å². The molecule has 0 aliphatic rings. The summed E-state index contributed by atoms with van der Waals surface area (Å²) in [6, 6.07) is 7.64. The first kappa shape index (κ1) is 18.8. The van der Waals surface area contributed by atoms with Gasteiger partial charge in [0.25, 0.3) is 0 Å². The van der Waals surface area contributed by atoms with Gasteiger partial charge in [-0.15, -0.1) is 16.8 Å². The Morgan fingerprint density at radius 2 is 2.15 bits per heavy atom. The fourth-order valence-electron chi connectivity index (χ4n) is 2.35. The summed E-state index contributed by atoms with van der Waals surface area (Å²) >= 11 is 1.26. The number of aromatic nitrogens is 4. The fourth-order valence-corrected chi connectivity index (χ4v) is 3.21. The third-order valence-electron chi connectivity index (χ3n) is 3.66. The summed E-state index contributed by atoms with van der Waals surface area (Å²) in [5.74, 6) is 1.00. The lowest BCUT2D eigenvalue weighted by Crippen LogP contribution is -2.23. The lowest BCUT2D eigenvalue weighted by atomic mass is 10.2. The second-order valence-electron chi connectivity index (χ2n) is 5.78. The summed E-state index contributed by atoms with van der Waals surface area (Å²) < 4.78 is 19.9. The molecule has 27 heavy (non-hydrogen) atoms. The van der Waals surface area contributed by atoms with Crippen molar-refractivity contribution in [1.29, 1.82) is 0 Å². The zero-order valence-corrected chi connectivity index (χ0v) is 15.7. The number of rotatable bonds is 7. The molecule has 1 aromatic carbocycles. The van der Waals surface area contributed by atoms with Crippen molar-refractivity contribution >= 4 is 23.5 Å². The van der Waals surface area contributed by atoms with Crippen molar-refractivity contribution in [2.45, 2.75) is 30.8 Å². The highest BCUT2D eigenvalue weighted by Crippen LogP contribution is 2.27. The lowest BCUT2D eigenvalue weighted by molar-refractivity contribution is -0.115. The SMILES string of the molecule is C=CCn1c(S[C@H](C)C(=O)Nc2cc(C)on2)nnc1-c1ccc(F)cc1. The molecule has 2 aromatic heterocycles. The minimum Gasteiger partial charge on any atom is -0.360 e. The number of carbonyl (C=O) groups is 1. The Kier molecular flexibility index (Phi) is 5.70. The van der Waals surface area contributed by atoms with Gasteiger partial charge in [-0.05, 0) is 38.1 Å². The third kappa shape index (κ3) is 4.43. The van der Waals surface area contributed by atoms with Crippen molar-refractivity contribution in [3.8, 4) is 11.4 Å². The Bertz CT molecular complexity index is 951. The summed E-state index contributed by atoms with van der Waals surface area (Å²) in [6.45, 7) is 7.72. The van der Waals surface area contributed by atoms with Gasteiger partial charge in [0.1, 0.15) is 11.6 Å². The molecule has 9 heteroatoms. The Morgan fingerprint density at radius 3 is 2.78 bits per heavy atom. The number of carbonyl (C=O) groups excluding carboxylic acids is 1. The van der Waals surface area contributed by atoms with E-state index < -0.39 is 5.25 Å². The maximum atomic E-state index is 13.2. The number of nitrogens with one attached hydrogen (secondary N) is 1. The van der Waals surface area contributed by atoms with Gasteiger partial charge >= 0.3 is 0 Å². The van der Waals surface area contributed by atoms with E-state index in [4.69, 9.17) is 4.52 Å². The van der Waals surface area contributed by atoms with Gasteiger partial charge in [0.15, 0.2) is 16.8 Å². The van der Waals surface area contributed by atoms with Crippen LogP contribution in [-0.4, -0.2) is 31.1 Å². The number of anilines is 1. The number of hydrogen-bond donors (Lipinski definition) is 1. The van der Waals surface area contributed by atoms with Crippen LogP contribution < -0.4 is 5.32 Å². The first-order valence-electron chi connectivity index (χ1n) is 8.19. The molecule has 0 saturated heterocycles. The number of nitrogens with zero attached hydrogens (tertiary/aromatic N) is 4. The van der Waals surface area contributed by atoms with E-state index in [-0.39, 0.29) is 11.7 Å². The van der Waals surface area contributed by atoms with Crippen molar-refractivity contribution < 1.29 is 13.7 Å². The summed E-state index contributed by atoms with van der Waals surface area (Å²) in [6.07, 6.45) is 1.71. The molecular formula is C18H18FN5O2S. The summed E-state index contributed by atoms with van der Waals surface area (Å²) in [5, 5.41) is 14.9. The van der Waals surface area contributed by atoms with Gasteiger partial charge in [-0.1, -0.05) is 23.0 Å². The Balaban J connectivity index is 1.78. The van der Waals surface area contributed by atoms with E-state index in [2.05, 4.69) is 27.2 Å². The minimum atomic E-state index is -0.448. The van der Waals surface area contributed by atoms with E-state index >= 15 is 0 Å². The van der Waals surface area contributed by atoms with Gasteiger partial charge in [0, 0.05) is 18.2 Å². The molecule has 0 unspecified atom stereocenters. The van der Waals surface area contributed by atoms with Crippen molar-refractivity contribution in [1.82, 2.24) is 19.9 Å². The average molecular weight is 387 g/mol. The van der Waals surface area contributed by atoms with Crippen LogP contribution in [0.2, 0.25) is 0 Å². The Hall–Kier alpha value is -2.94. The first-order chi connectivity index (χ1) is 13.0. The Labute approximate surface area is 159 Å². The van der Waals surface area contributed by atoms with Gasteiger partial charge in [-0.25, -0.2) is 4.39 Å². The smallest absolute Gasteiger partial charge is 0.238 e. The van der Waals surface area contributed by atoms with Crippen LogP contribution in [0.3, 0.4) is 0 Å². The van der Waals surface area contributed by atoms with E-state index in [0.717, 1.165) is 5.56 Å². The van der Waals surface area contributed by atoms with Crippen LogP contribution in [0.1, 0.15) is 12.7 Å². The van der Waals surface area contributed by atoms with Gasteiger partial charge < -0.3 is 9.84 Å². The molecule has 0 aliphatic carbocycles. The van der Waals surface area contributed by atoms with Gasteiger partial charge in [0.05, 0.1) is 5.25 Å². The first-order valence-corrected chi connectivity index (χ1v) is 9.06. The molecule has 140 valence electrons. The van der Waals surface area contributed by atoms with Crippen molar-refractivity contribution in [3.05, 3.63) is 54.6 Å². The minimum absolute atomic E-state index is 0.232. The second kappa shape index (κ2) is 8.17. The number of allylic oxidation sites excluding steroid dienone is 1. The molecule has 0 radical (unpaired) electrons. The van der Waals surface area contributed by atoms with E-state index in [9.17, 15) is 9.18 Å². The standard InChI is InChI=1S/C18H18FN5O2S/c1-4-9-24-16(13-5-7-14(19)8-6-13)21-22-18(24)27-12(3)17(25)20-15-10-11(2)26-23-15/h4-8,10,12H,1,9H2,2-3H3,(H,20,23,25)/t12-/m1/s1. The number of halogens is 1. The van der Waals surface area contributed by atoms with Crippen LogP contribution >= 0.6 is 11.8 Å². The monoisotopic (exact) mass is 387 g/mol. The van der Waals surface area contributed by atoms with E-state index in [1.165, 1.54) is 23.9 Å². The molecule has 2 heterocycles. The molecule has 0 aliphatic heterocycles. The average Bonchev–Trinajstić information content (AvgIpc) is 3.22. The number of aryl methyl sites for hydroxylation is 1. The maximum Gasteiger partial charge on any atom is 0.238 e. The normalized spacial score (nSPS) is 12.0. The van der Waals surface area contributed by atoms with E-state index in [0.29, 0.717) is 29.1 Å². The van der Waals surface area contributed by atoms with Crippen molar-refractivity contribution in [3.63, 3.8) is 0 Å². The van der Waals surface area contributed by atoms with Crippen LogP contribution in [0.5, 0.6) is 0 Å². The van der Waals surface area contributed by atoms with Crippen LogP contribution in [0.4, 0.5) is 10.2 Å². The van der Waals surface area contributed by atoms with Crippen LogP contribution in [0.25, 0.3) is 11.4 Å². The predicted molar refractivity (Wildman–Crippen MR) is 101 cm³/mol. The number of hydrogen-bond acceptors (Lipinski definition) is 6. The highest BCUT2D eigenvalue weighted by molar-refractivity contribution is 8.00. The molecular weight excluding hydrogens is 369 g/mol. The molecule has 3 rings (SSSR count). The topological polar surface area (TPSA) is 85.8 Å². The molecule has 1 atom stereocenters. The van der Waals surface area contributed by atoms with Crippen LogP contribution in [0, 0.1) is 12.7 Å². The predicted octanol–water partition coefficient (Wildman–Crippen LogP) is 3.69. The van der Waals surface area contributed by atoms with Crippen molar-refractivity contribution in [2.75, 3.05) is 5.32 Å². The summed E-state index contributed by atoms with van der Waals surface area (Å²) in [4.78, 5) is 12.4. The molecule has 0 fully saturated rings. The summed E-state index contributed by atoms with van der Waals surface area (Å²) in [5.41, 5.74) is 0.729. The molecule has 0 saturated carbocycles. The number of thioether (sulfide) groups is 1. The molecule has 0 bridgehead atoms. The zero-order chi connectivity index (χ0) is 19.4. The fraction of sp³-hybridized carbons (Fsp3) is 0.222. The van der Waals surface area contributed by atoms with Gasteiger partial charge in [0.2, 0.25) is 5.91 Å². The van der Waals surface area contributed by atoms with Crippen LogP contribution in [0.15, 0.2) is 52.7 Å². The second-order valence-corrected chi connectivity index (χ2v) is 7.09. The third-order valence-corrected chi connectivity index (χ3v) is 4.74. The van der Waals surface area contributed by atoms with Crippen LogP contribution in [-0.2, 0) is 11.3 Å². The summed E-state index contributed by atoms with van der Waals surface area (Å²) in [7, 11) is 0. The molecule has 0 spiro atoms. The van der Waals surface area contributed by atoms with Gasteiger partial charge in [-0.3, -0.25) is 9.36 Å². The maximum absolute atomic E-state index is 13.2. The van der Waals surface area contributed by atoms with Crippen molar-refractivity contribution in [2.24, 2.45) is 0 Å². The highest BCUT2D eigenvalue weighted by Gasteiger charge is 2.21. The lowest BCUT2D eigenvalue weighted by Gasteiger charge is -2.11. The van der Waals surface area contributed by atoms with E-state index in [1.54, 1.807) is 38.1 Å². The Morgan fingerprint density at radius 1 is 1.41 bits per heavy atom. The molecule has 7 nitrogen and oxygen atoms in total. The quantitative estimate of drug-likeness (QED) is 0.492.